The molecule has 10 aromatic rings. The molecule has 0 amide bonds. The molecule has 62 heavy (non-hydrogen) atoms. The van der Waals surface area contributed by atoms with Crippen molar-refractivity contribution in [1.29, 1.82) is 0 Å². The predicted octanol–water partition coefficient (Wildman–Crippen LogP) is 15.8. The Bertz CT molecular complexity index is 2800. The number of hydrogen-bond acceptors (Lipinski definition) is 4. The van der Waals surface area contributed by atoms with Crippen LogP contribution in [0, 0.1) is 12.1 Å². The molecule has 0 aromatic heterocycles. The third kappa shape index (κ3) is 9.00. The van der Waals surface area contributed by atoms with E-state index in [1.807, 2.05) is 97.1 Å². The normalized spacial score (nSPS) is 10.6. The molecule has 6 heteroatoms. The molecule has 0 N–H and O–H groups in total. The van der Waals surface area contributed by atoms with E-state index >= 15 is 0 Å². The van der Waals surface area contributed by atoms with Crippen LogP contribution in [0.4, 0.5) is 34.1 Å². The Kier molecular flexibility index (Phi) is 13.1. The summed E-state index contributed by atoms with van der Waals surface area (Å²) >= 11 is 0. The number of fused-ring (bicyclic) bond motifs is 2. The van der Waals surface area contributed by atoms with Crippen molar-refractivity contribution in [2.45, 2.75) is 0 Å². The summed E-state index contributed by atoms with van der Waals surface area (Å²) in [5, 5.41) is 4.37. The third-order valence-electron chi connectivity index (χ3n) is 10.6. The summed E-state index contributed by atoms with van der Waals surface area (Å²) in [5.74, 6) is 3.17. The van der Waals surface area contributed by atoms with E-state index in [9.17, 15) is 0 Å². The fraction of sp³-hybridized carbons (Fsp3) is 0. The van der Waals surface area contributed by atoms with Crippen LogP contribution in [0.15, 0.2) is 231 Å². The van der Waals surface area contributed by atoms with Crippen molar-refractivity contribution < 1.29 is 51.6 Å². The summed E-state index contributed by atoms with van der Waals surface area (Å²) in [6, 6.07) is 85.7. The number of benzene rings is 10. The van der Waals surface area contributed by atoms with Crippen LogP contribution in [0.5, 0.6) is 23.0 Å². The Balaban J connectivity index is 0.00000264. The summed E-state index contributed by atoms with van der Waals surface area (Å²) in [6.45, 7) is 0. The molecule has 0 aliphatic heterocycles. The van der Waals surface area contributed by atoms with Gasteiger partial charge in [0.25, 0.3) is 0 Å². The fourth-order valence-corrected chi connectivity index (χ4v) is 7.69. The molecule has 10 rings (SSSR count). The van der Waals surface area contributed by atoms with E-state index in [4.69, 9.17) is 9.47 Å². The second-order valence-electron chi connectivity index (χ2n) is 14.4. The van der Waals surface area contributed by atoms with E-state index < -0.39 is 0 Å². The Labute approximate surface area is 391 Å². The number of rotatable bonds is 11. The molecule has 0 atom stereocenters. The van der Waals surface area contributed by atoms with Crippen LogP contribution >= 0.6 is 0 Å². The van der Waals surface area contributed by atoms with Gasteiger partial charge in [0.05, 0.1) is 0 Å². The van der Waals surface area contributed by atoms with Gasteiger partial charge in [0.1, 0.15) is 23.0 Å². The Morgan fingerprint density at radius 1 is 0.290 bits per heavy atom. The summed E-state index contributed by atoms with van der Waals surface area (Å²) < 4.78 is 12.3. The molecule has 0 heterocycles. The maximum Gasteiger partial charge on any atom is 0.127 e. The molecule has 4 nitrogen and oxygen atoms in total. The van der Waals surface area contributed by atoms with E-state index in [1.54, 1.807) is 0 Å². The first-order chi connectivity index (χ1) is 29.7. The number of para-hydroxylation sites is 2. The number of hydrogen-bond donors (Lipinski definition) is 0. The number of anilines is 6. The standard InChI is InChI=1S/C56H38N2O2.2W/c1-3-17-49(18-4-1)59-51-37-33-47(34-38-51)57(55-23-11-15-43-13-7-9-21-53(43)55)45-29-25-41(26-30-45)42-27-31-46(32-28-42)58(56-24-12-16-44-14-8-10-22-54(44)56)48-35-39-52(40-36-48)60-50-19-5-2-6-20-50;;/h1-14,17-40H;;/q-2;;. The van der Waals surface area contributed by atoms with Gasteiger partial charge in [0.2, 0.25) is 0 Å². The molecule has 10 aromatic carbocycles. The molecule has 0 fully saturated rings. The molecule has 0 spiro atoms. The predicted molar refractivity (Wildman–Crippen MR) is 247 cm³/mol. The summed E-state index contributed by atoms with van der Waals surface area (Å²) in [7, 11) is 0. The zero-order chi connectivity index (χ0) is 40.1. The maximum atomic E-state index is 6.14. The van der Waals surface area contributed by atoms with E-state index in [1.165, 1.54) is 0 Å². The second-order valence-corrected chi connectivity index (χ2v) is 14.4. The van der Waals surface area contributed by atoms with Gasteiger partial charge >= 0.3 is 0 Å². The molecule has 0 saturated carbocycles. The van der Waals surface area contributed by atoms with Gasteiger partial charge in [0, 0.05) is 64.9 Å². The number of nitrogens with zero attached hydrogens (tertiary/aromatic N) is 2. The van der Waals surface area contributed by atoms with Crippen molar-refractivity contribution in [2.75, 3.05) is 9.80 Å². The molecule has 298 valence electrons. The molecule has 0 bridgehead atoms. The van der Waals surface area contributed by atoms with Gasteiger partial charge in [-0.05, 0) is 120 Å². The fourth-order valence-electron chi connectivity index (χ4n) is 7.69. The third-order valence-corrected chi connectivity index (χ3v) is 10.6. The molecule has 0 saturated heterocycles. The Hall–Kier alpha value is -6.70. The van der Waals surface area contributed by atoms with Crippen molar-refractivity contribution in [1.82, 2.24) is 0 Å². The Morgan fingerprint density at radius 2 is 0.597 bits per heavy atom. The summed E-state index contributed by atoms with van der Waals surface area (Å²) in [5.41, 5.74) is 8.52. The molecule has 0 aliphatic rings. The molecular formula is C56H38N2O2W2-2. The van der Waals surface area contributed by atoms with Gasteiger partial charge in [-0.1, -0.05) is 95.7 Å². The van der Waals surface area contributed by atoms with Gasteiger partial charge in [-0.25, -0.2) is 0 Å². The van der Waals surface area contributed by atoms with Crippen LogP contribution in [-0.2, 0) is 42.1 Å². The van der Waals surface area contributed by atoms with Crippen LogP contribution in [0.25, 0.3) is 32.7 Å². The van der Waals surface area contributed by atoms with Crippen LogP contribution in [-0.4, -0.2) is 0 Å². The number of ether oxygens (including phenoxy) is 2. The zero-order valence-electron chi connectivity index (χ0n) is 33.5. The van der Waals surface area contributed by atoms with Crippen LogP contribution in [0.2, 0.25) is 0 Å². The van der Waals surface area contributed by atoms with Crippen molar-refractivity contribution in [2.24, 2.45) is 0 Å². The SMILES string of the molecule is [W].[W].[c-]1ccc(N(c2ccc(Oc3ccccc3)cc2)c2ccc(-c3ccc(N(c4ccc(Oc5ccccc5)cc4)c4cc[c-]c5ccccc45)cc3)cc2)c2ccccc12. The van der Waals surface area contributed by atoms with E-state index in [-0.39, 0.29) is 42.1 Å². The zero-order valence-corrected chi connectivity index (χ0v) is 39.3. The first-order valence-corrected chi connectivity index (χ1v) is 20.0. The smallest absolute Gasteiger partial charge is 0.127 e. The van der Waals surface area contributed by atoms with Gasteiger partial charge in [-0.3, -0.25) is 0 Å². The minimum atomic E-state index is 0. The summed E-state index contributed by atoms with van der Waals surface area (Å²) in [6.07, 6.45) is 0. The van der Waals surface area contributed by atoms with Crippen molar-refractivity contribution in [3.05, 3.63) is 243 Å². The molecule has 0 radical (unpaired) electrons. The molecule has 0 aliphatic carbocycles. The maximum absolute atomic E-state index is 6.14. The van der Waals surface area contributed by atoms with Gasteiger partial charge < -0.3 is 19.3 Å². The minimum Gasteiger partial charge on any atom is -0.457 e. The summed E-state index contributed by atoms with van der Waals surface area (Å²) in [4.78, 5) is 4.59. The van der Waals surface area contributed by atoms with Gasteiger partial charge in [0.15, 0.2) is 0 Å². The Morgan fingerprint density at radius 3 is 0.968 bits per heavy atom. The van der Waals surface area contributed by atoms with Crippen LogP contribution in [0.1, 0.15) is 0 Å². The topological polar surface area (TPSA) is 24.9 Å². The first-order valence-electron chi connectivity index (χ1n) is 20.0. The van der Waals surface area contributed by atoms with Crippen molar-refractivity contribution in [3.8, 4) is 34.1 Å². The average Bonchev–Trinajstić information content (AvgIpc) is 3.32. The van der Waals surface area contributed by atoms with E-state index in [2.05, 4.69) is 155 Å². The molecule has 0 unspecified atom stereocenters. The molecular weight excluding hydrogens is 1100 g/mol. The average molecular weight is 1140 g/mol. The van der Waals surface area contributed by atoms with Gasteiger partial charge in [-0.15, -0.1) is 71.4 Å². The first kappa shape index (κ1) is 42.0. The van der Waals surface area contributed by atoms with Crippen molar-refractivity contribution in [3.63, 3.8) is 0 Å². The largest absolute Gasteiger partial charge is 0.457 e. The second kappa shape index (κ2) is 19.3. The van der Waals surface area contributed by atoms with E-state index in [0.29, 0.717) is 0 Å². The monoisotopic (exact) mass is 1140 g/mol. The van der Waals surface area contributed by atoms with Crippen LogP contribution < -0.4 is 19.3 Å². The quantitative estimate of drug-likeness (QED) is 0.121. The van der Waals surface area contributed by atoms with Gasteiger partial charge in [-0.2, -0.15) is 0 Å². The van der Waals surface area contributed by atoms with Crippen LogP contribution in [0.3, 0.4) is 0 Å². The van der Waals surface area contributed by atoms with Crippen molar-refractivity contribution >= 4 is 55.7 Å². The minimum absolute atomic E-state index is 0. The van der Waals surface area contributed by atoms with E-state index in [0.717, 1.165) is 89.8 Å².